The van der Waals surface area contributed by atoms with Gasteiger partial charge >= 0.3 is 6.03 Å². The van der Waals surface area contributed by atoms with Crippen LogP contribution in [0.1, 0.15) is 5.56 Å². The number of urea groups is 1. The van der Waals surface area contributed by atoms with Crippen molar-refractivity contribution in [3.05, 3.63) is 64.6 Å². The molecule has 3 nitrogen and oxygen atoms in total. The zero-order chi connectivity index (χ0) is 14.4. The molecule has 0 spiro atoms. The second kappa shape index (κ2) is 7.10. The third-order valence-corrected chi connectivity index (χ3v) is 3.52. The maximum absolute atomic E-state index is 12.0. The molecule has 0 radical (unpaired) electrons. The van der Waals surface area contributed by atoms with E-state index in [9.17, 15) is 4.79 Å². The van der Waals surface area contributed by atoms with Crippen LogP contribution in [-0.4, -0.2) is 19.6 Å². The van der Waals surface area contributed by atoms with Crippen LogP contribution in [-0.2, 0) is 6.42 Å². The van der Waals surface area contributed by atoms with Crippen molar-refractivity contribution < 1.29 is 4.79 Å². The molecule has 0 aliphatic rings. The molecule has 4 heteroatoms. The first-order valence-electron chi connectivity index (χ1n) is 6.48. The molecule has 0 unspecified atom stereocenters. The Bertz CT molecular complexity index is 572. The number of nitrogens with zero attached hydrogens (tertiary/aromatic N) is 1. The summed E-state index contributed by atoms with van der Waals surface area (Å²) in [5.41, 5.74) is 2.08. The zero-order valence-electron chi connectivity index (χ0n) is 11.3. The summed E-state index contributed by atoms with van der Waals surface area (Å²) in [6.45, 7) is 0.618. The SMILES string of the molecule is CN(C(=O)NCCc1cccc(Br)c1)c1ccccc1. The largest absolute Gasteiger partial charge is 0.337 e. The van der Waals surface area contributed by atoms with Gasteiger partial charge < -0.3 is 5.32 Å². The van der Waals surface area contributed by atoms with Crippen molar-refractivity contribution in [3.8, 4) is 0 Å². The van der Waals surface area contributed by atoms with E-state index in [0.717, 1.165) is 16.6 Å². The van der Waals surface area contributed by atoms with Crippen molar-refractivity contribution in [3.63, 3.8) is 0 Å². The van der Waals surface area contributed by atoms with Gasteiger partial charge in [0.15, 0.2) is 0 Å². The summed E-state index contributed by atoms with van der Waals surface area (Å²) >= 11 is 3.44. The van der Waals surface area contributed by atoms with Gasteiger partial charge in [-0.1, -0.05) is 46.3 Å². The average Bonchev–Trinajstić information content (AvgIpc) is 2.47. The van der Waals surface area contributed by atoms with Gasteiger partial charge in [-0.05, 0) is 36.2 Å². The summed E-state index contributed by atoms with van der Waals surface area (Å²) in [5, 5.41) is 2.92. The first-order chi connectivity index (χ1) is 9.66. The molecule has 2 aromatic carbocycles. The van der Waals surface area contributed by atoms with Crippen LogP contribution >= 0.6 is 15.9 Å². The molecule has 2 amide bonds. The minimum atomic E-state index is -0.0915. The Morgan fingerprint density at radius 2 is 1.90 bits per heavy atom. The lowest BCUT2D eigenvalue weighted by molar-refractivity contribution is 0.247. The van der Waals surface area contributed by atoms with Crippen molar-refractivity contribution >= 4 is 27.6 Å². The fourth-order valence-electron chi connectivity index (χ4n) is 1.89. The van der Waals surface area contributed by atoms with Crippen LogP contribution < -0.4 is 10.2 Å². The Labute approximate surface area is 127 Å². The summed E-state index contributed by atoms with van der Waals surface area (Å²) in [6.07, 6.45) is 0.813. The van der Waals surface area contributed by atoms with Gasteiger partial charge in [0.1, 0.15) is 0 Å². The molecule has 2 aromatic rings. The van der Waals surface area contributed by atoms with E-state index < -0.39 is 0 Å². The van der Waals surface area contributed by atoms with Crippen LogP contribution in [0.3, 0.4) is 0 Å². The highest BCUT2D eigenvalue weighted by molar-refractivity contribution is 9.10. The van der Waals surface area contributed by atoms with Gasteiger partial charge in [0, 0.05) is 23.8 Å². The molecule has 0 aliphatic heterocycles. The van der Waals surface area contributed by atoms with E-state index >= 15 is 0 Å². The number of para-hydroxylation sites is 1. The van der Waals surface area contributed by atoms with Crippen LogP contribution in [0, 0.1) is 0 Å². The van der Waals surface area contributed by atoms with Crippen molar-refractivity contribution in [2.24, 2.45) is 0 Å². The van der Waals surface area contributed by atoms with Gasteiger partial charge in [0.05, 0.1) is 0 Å². The average molecular weight is 333 g/mol. The standard InChI is InChI=1S/C16H17BrN2O/c1-19(15-8-3-2-4-9-15)16(20)18-11-10-13-6-5-7-14(17)12-13/h2-9,12H,10-11H2,1H3,(H,18,20). The monoisotopic (exact) mass is 332 g/mol. The van der Waals surface area contributed by atoms with Crippen LogP contribution in [0.4, 0.5) is 10.5 Å². The summed E-state index contributed by atoms with van der Waals surface area (Å²) in [5.74, 6) is 0. The summed E-state index contributed by atoms with van der Waals surface area (Å²) < 4.78 is 1.06. The molecular weight excluding hydrogens is 316 g/mol. The fourth-order valence-corrected chi connectivity index (χ4v) is 2.34. The van der Waals surface area contributed by atoms with E-state index in [1.54, 1.807) is 11.9 Å². The smallest absolute Gasteiger partial charge is 0.321 e. The number of amides is 2. The van der Waals surface area contributed by atoms with E-state index in [-0.39, 0.29) is 6.03 Å². The van der Waals surface area contributed by atoms with Crippen molar-refractivity contribution in [2.45, 2.75) is 6.42 Å². The lowest BCUT2D eigenvalue weighted by Gasteiger charge is -2.18. The molecule has 0 bridgehead atoms. The molecular formula is C16H17BrN2O. The highest BCUT2D eigenvalue weighted by Gasteiger charge is 2.09. The number of halogens is 1. The highest BCUT2D eigenvalue weighted by atomic mass is 79.9. The van der Waals surface area contributed by atoms with E-state index in [2.05, 4.69) is 33.4 Å². The number of benzene rings is 2. The maximum Gasteiger partial charge on any atom is 0.321 e. The van der Waals surface area contributed by atoms with Crippen molar-refractivity contribution in [2.75, 3.05) is 18.5 Å². The molecule has 0 saturated heterocycles. The number of hydrogen-bond acceptors (Lipinski definition) is 1. The topological polar surface area (TPSA) is 32.3 Å². The summed E-state index contributed by atoms with van der Waals surface area (Å²) in [6, 6.07) is 17.6. The van der Waals surface area contributed by atoms with Gasteiger partial charge in [0.25, 0.3) is 0 Å². The third kappa shape index (κ3) is 4.10. The predicted molar refractivity (Wildman–Crippen MR) is 86.1 cm³/mol. The molecule has 0 atom stereocenters. The number of rotatable bonds is 4. The molecule has 104 valence electrons. The first-order valence-corrected chi connectivity index (χ1v) is 7.27. The minimum Gasteiger partial charge on any atom is -0.337 e. The Hall–Kier alpha value is -1.81. The lowest BCUT2D eigenvalue weighted by atomic mass is 10.1. The van der Waals surface area contributed by atoms with Crippen LogP contribution in [0.5, 0.6) is 0 Å². The normalized spacial score (nSPS) is 10.1. The fraction of sp³-hybridized carbons (Fsp3) is 0.188. The van der Waals surface area contributed by atoms with Gasteiger partial charge in [-0.25, -0.2) is 4.79 Å². The summed E-state index contributed by atoms with van der Waals surface area (Å²) in [7, 11) is 1.77. The van der Waals surface area contributed by atoms with Crippen molar-refractivity contribution in [1.82, 2.24) is 5.32 Å². The quantitative estimate of drug-likeness (QED) is 0.906. The molecule has 0 saturated carbocycles. The molecule has 1 N–H and O–H groups in total. The number of carbonyl (C=O) groups is 1. The second-order valence-corrected chi connectivity index (χ2v) is 5.42. The number of nitrogens with one attached hydrogen (secondary N) is 1. The third-order valence-electron chi connectivity index (χ3n) is 3.03. The molecule has 0 aromatic heterocycles. The number of carbonyl (C=O) groups excluding carboxylic acids is 1. The predicted octanol–water partition coefficient (Wildman–Crippen LogP) is 3.84. The number of hydrogen-bond donors (Lipinski definition) is 1. The number of anilines is 1. The van der Waals surface area contributed by atoms with Gasteiger partial charge in [-0.2, -0.15) is 0 Å². The van der Waals surface area contributed by atoms with Gasteiger partial charge in [0.2, 0.25) is 0 Å². The highest BCUT2D eigenvalue weighted by Crippen LogP contribution is 2.12. The minimum absolute atomic E-state index is 0.0915. The van der Waals surface area contributed by atoms with Gasteiger partial charge in [-0.15, -0.1) is 0 Å². The van der Waals surface area contributed by atoms with Crippen LogP contribution in [0.15, 0.2) is 59.1 Å². The lowest BCUT2D eigenvalue weighted by Crippen LogP contribution is -2.38. The summed E-state index contributed by atoms with van der Waals surface area (Å²) in [4.78, 5) is 13.6. The Balaban J connectivity index is 1.83. The first kappa shape index (κ1) is 14.6. The van der Waals surface area contributed by atoms with E-state index in [1.165, 1.54) is 5.56 Å². The Kier molecular flexibility index (Phi) is 5.18. The van der Waals surface area contributed by atoms with Crippen LogP contribution in [0.2, 0.25) is 0 Å². The molecule has 0 aliphatic carbocycles. The molecule has 2 rings (SSSR count). The Morgan fingerprint density at radius 3 is 2.60 bits per heavy atom. The molecule has 0 heterocycles. The zero-order valence-corrected chi connectivity index (χ0v) is 12.9. The maximum atomic E-state index is 12.0. The van der Waals surface area contributed by atoms with Gasteiger partial charge in [-0.3, -0.25) is 4.90 Å². The molecule has 0 fully saturated rings. The van der Waals surface area contributed by atoms with E-state index in [1.807, 2.05) is 42.5 Å². The van der Waals surface area contributed by atoms with Crippen LogP contribution in [0.25, 0.3) is 0 Å². The van der Waals surface area contributed by atoms with Crippen molar-refractivity contribution in [1.29, 1.82) is 0 Å². The van der Waals surface area contributed by atoms with E-state index in [0.29, 0.717) is 6.54 Å². The molecule has 20 heavy (non-hydrogen) atoms. The Morgan fingerprint density at radius 1 is 1.15 bits per heavy atom. The second-order valence-electron chi connectivity index (χ2n) is 4.51. The van der Waals surface area contributed by atoms with E-state index in [4.69, 9.17) is 0 Å².